The van der Waals surface area contributed by atoms with E-state index in [0.29, 0.717) is 12.0 Å². The van der Waals surface area contributed by atoms with E-state index in [1.807, 2.05) is 13.8 Å². The van der Waals surface area contributed by atoms with Gasteiger partial charge in [-0.2, -0.15) is 8.42 Å². The van der Waals surface area contributed by atoms with Crippen molar-refractivity contribution >= 4 is 16.0 Å². The molecule has 9 heteroatoms. The number of hydrogen-bond donors (Lipinski definition) is 0. The third-order valence-corrected chi connectivity index (χ3v) is 6.59. The minimum atomic E-state index is -4.26. The van der Waals surface area contributed by atoms with Gasteiger partial charge in [0.15, 0.2) is 11.5 Å². The SMILES string of the molecule is CC[C@H](C)N(Cc1ccc(OC)c(OS(=O)(=O)c2ccc(F)cc2)c1)C(=O)c1cccc(F)c1. The highest BCUT2D eigenvalue weighted by Crippen LogP contribution is 2.32. The summed E-state index contributed by atoms with van der Waals surface area (Å²) in [4.78, 5) is 14.5. The Kier molecular flexibility index (Phi) is 7.88. The van der Waals surface area contributed by atoms with Gasteiger partial charge in [-0.15, -0.1) is 0 Å². The summed E-state index contributed by atoms with van der Waals surface area (Å²) in [6.45, 7) is 3.92. The number of amides is 1. The number of ether oxygens (including phenoxy) is 1. The van der Waals surface area contributed by atoms with E-state index in [9.17, 15) is 22.0 Å². The molecule has 0 unspecified atom stereocenters. The van der Waals surface area contributed by atoms with Crippen molar-refractivity contribution in [3.05, 3.63) is 89.5 Å². The van der Waals surface area contributed by atoms with Crippen LogP contribution in [0.15, 0.2) is 71.6 Å². The molecule has 1 atom stereocenters. The molecule has 180 valence electrons. The molecule has 0 saturated carbocycles. The van der Waals surface area contributed by atoms with Crippen LogP contribution in [-0.2, 0) is 16.7 Å². The minimum absolute atomic E-state index is 0.0772. The van der Waals surface area contributed by atoms with Crippen molar-refractivity contribution in [2.75, 3.05) is 7.11 Å². The van der Waals surface area contributed by atoms with Gasteiger partial charge in [0.1, 0.15) is 16.5 Å². The molecule has 0 heterocycles. The number of hydrogen-bond acceptors (Lipinski definition) is 5. The third-order valence-electron chi connectivity index (χ3n) is 5.34. The second-order valence-corrected chi connectivity index (χ2v) is 9.22. The van der Waals surface area contributed by atoms with Crippen LogP contribution in [0.4, 0.5) is 8.78 Å². The number of benzene rings is 3. The number of rotatable bonds is 9. The van der Waals surface area contributed by atoms with Crippen molar-refractivity contribution in [3.8, 4) is 11.5 Å². The van der Waals surface area contributed by atoms with Crippen molar-refractivity contribution in [2.45, 2.75) is 37.8 Å². The first kappa shape index (κ1) is 25.2. The highest BCUT2D eigenvalue weighted by molar-refractivity contribution is 7.87. The highest BCUT2D eigenvalue weighted by Gasteiger charge is 2.23. The lowest BCUT2D eigenvalue weighted by Crippen LogP contribution is -2.37. The zero-order valence-corrected chi connectivity index (χ0v) is 19.8. The van der Waals surface area contributed by atoms with Crippen LogP contribution in [0.25, 0.3) is 0 Å². The average molecular weight is 490 g/mol. The fourth-order valence-electron chi connectivity index (χ4n) is 3.28. The predicted octanol–water partition coefficient (Wildman–Crippen LogP) is 5.18. The molecule has 1 amide bonds. The molecule has 6 nitrogen and oxygen atoms in total. The summed E-state index contributed by atoms with van der Waals surface area (Å²) in [5, 5.41) is 0. The Morgan fingerprint density at radius 1 is 0.971 bits per heavy atom. The summed E-state index contributed by atoms with van der Waals surface area (Å²) in [5.74, 6) is -1.36. The topological polar surface area (TPSA) is 72.9 Å². The van der Waals surface area contributed by atoms with Gasteiger partial charge in [-0.25, -0.2) is 8.78 Å². The Bertz CT molecular complexity index is 1260. The monoisotopic (exact) mass is 489 g/mol. The molecule has 3 aromatic carbocycles. The van der Waals surface area contributed by atoms with Gasteiger partial charge in [-0.1, -0.05) is 19.1 Å². The van der Waals surface area contributed by atoms with Crippen LogP contribution < -0.4 is 8.92 Å². The Labute approximate surface area is 197 Å². The van der Waals surface area contributed by atoms with E-state index in [2.05, 4.69) is 0 Å². The Hall–Kier alpha value is -3.46. The quantitative estimate of drug-likeness (QED) is 0.387. The summed E-state index contributed by atoms with van der Waals surface area (Å²) in [6, 6.07) is 14.2. The molecule has 0 bridgehead atoms. The standard InChI is InChI=1S/C25H25F2NO5S/c1-4-17(2)28(25(29)19-6-5-7-21(27)15-19)16-18-8-13-23(32-3)24(14-18)33-34(30,31)22-11-9-20(26)10-12-22/h5-15,17H,4,16H2,1-3H3/t17-/m0/s1. The van der Waals surface area contributed by atoms with E-state index in [1.54, 1.807) is 17.0 Å². The van der Waals surface area contributed by atoms with E-state index < -0.39 is 21.8 Å². The van der Waals surface area contributed by atoms with Crippen LogP contribution in [0.5, 0.6) is 11.5 Å². The Morgan fingerprint density at radius 3 is 2.29 bits per heavy atom. The molecule has 34 heavy (non-hydrogen) atoms. The Morgan fingerprint density at radius 2 is 1.68 bits per heavy atom. The smallest absolute Gasteiger partial charge is 0.339 e. The maximum atomic E-state index is 13.7. The molecule has 0 fully saturated rings. The van der Waals surface area contributed by atoms with E-state index in [4.69, 9.17) is 8.92 Å². The zero-order valence-electron chi connectivity index (χ0n) is 19.0. The summed E-state index contributed by atoms with van der Waals surface area (Å²) < 4.78 is 62.8. The molecule has 0 saturated heterocycles. The molecule has 0 radical (unpaired) electrons. The third kappa shape index (κ3) is 5.91. The van der Waals surface area contributed by atoms with Gasteiger partial charge in [0, 0.05) is 18.2 Å². The lowest BCUT2D eigenvalue weighted by atomic mass is 10.1. The Balaban J connectivity index is 1.92. The normalized spacial score (nSPS) is 12.1. The second-order valence-electron chi connectivity index (χ2n) is 7.68. The van der Waals surface area contributed by atoms with E-state index >= 15 is 0 Å². The predicted molar refractivity (Wildman–Crippen MR) is 123 cm³/mol. The van der Waals surface area contributed by atoms with E-state index in [-0.39, 0.29) is 40.5 Å². The fourth-order valence-corrected chi connectivity index (χ4v) is 4.22. The van der Waals surface area contributed by atoms with Gasteiger partial charge in [-0.05, 0) is 73.5 Å². The molecule has 0 aliphatic carbocycles. The van der Waals surface area contributed by atoms with Crippen LogP contribution in [0.3, 0.4) is 0 Å². The van der Waals surface area contributed by atoms with Crippen LogP contribution in [0.2, 0.25) is 0 Å². The zero-order chi connectivity index (χ0) is 24.9. The lowest BCUT2D eigenvalue weighted by Gasteiger charge is -2.29. The minimum Gasteiger partial charge on any atom is -0.493 e. The first-order valence-electron chi connectivity index (χ1n) is 10.6. The molecule has 0 aromatic heterocycles. The van der Waals surface area contributed by atoms with Gasteiger partial charge in [-0.3, -0.25) is 4.79 Å². The van der Waals surface area contributed by atoms with Gasteiger partial charge in [0.25, 0.3) is 5.91 Å². The molecule has 0 spiro atoms. The maximum Gasteiger partial charge on any atom is 0.339 e. The van der Waals surface area contributed by atoms with Gasteiger partial charge in [0.2, 0.25) is 0 Å². The van der Waals surface area contributed by atoms with Crippen LogP contribution in [0, 0.1) is 11.6 Å². The van der Waals surface area contributed by atoms with Crippen molar-refractivity contribution in [2.24, 2.45) is 0 Å². The second kappa shape index (κ2) is 10.6. The molecule has 0 N–H and O–H groups in total. The first-order valence-corrected chi connectivity index (χ1v) is 12.0. The van der Waals surface area contributed by atoms with Gasteiger partial charge >= 0.3 is 10.1 Å². The highest BCUT2D eigenvalue weighted by atomic mass is 32.2. The van der Waals surface area contributed by atoms with Crippen molar-refractivity contribution in [1.82, 2.24) is 4.90 Å². The van der Waals surface area contributed by atoms with Crippen LogP contribution in [-0.4, -0.2) is 32.4 Å². The number of methoxy groups -OCH3 is 1. The molecular formula is C25H25F2NO5S. The fraction of sp³-hybridized carbons (Fsp3) is 0.240. The molecule has 3 aromatic rings. The molecule has 0 aliphatic heterocycles. The number of carbonyl (C=O) groups is 1. The van der Waals surface area contributed by atoms with Crippen molar-refractivity contribution < 1.29 is 30.9 Å². The first-order chi connectivity index (χ1) is 16.1. The van der Waals surface area contributed by atoms with E-state index in [1.165, 1.54) is 37.4 Å². The summed E-state index contributed by atoms with van der Waals surface area (Å²) in [5.41, 5.74) is 0.791. The average Bonchev–Trinajstić information content (AvgIpc) is 2.82. The number of halogens is 2. The maximum absolute atomic E-state index is 13.7. The summed E-state index contributed by atoms with van der Waals surface area (Å²) in [6.07, 6.45) is 0.652. The largest absolute Gasteiger partial charge is 0.493 e. The molecular weight excluding hydrogens is 464 g/mol. The van der Waals surface area contributed by atoms with Crippen molar-refractivity contribution in [1.29, 1.82) is 0 Å². The summed E-state index contributed by atoms with van der Waals surface area (Å²) in [7, 11) is -2.90. The van der Waals surface area contributed by atoms with Crippen LogP contribution in [0.1, 0.15) is 36.2 Å². The van der Waals surface area contributed by atoms with Gasteiger partial charge < -0.3 is 13.8 Å². The lowest BCUT2D eigenvalue weighted by molar-refractivity contribution is 0.0671. The summed E-state index contributed by atoms with van der Waals surface area (Å²) >= 11 is 0. The molecule has 3 rings (SSSR count). The number of carbonyl (C=O) groups excluding carboxylic acids is 1. The van der Waals surface area contributed by atoms with Crippen molar-refractivity contribution in [3.63, 3.8) is 0 Å². The van der Waals surface area contributed by atoms with E-state index in [0.717, 1.165) is 24.3 Å². The number of nitrogens with zero attached hydrogens (tertiary/aromatic N) is 1. The van der Waals surface area contributed by atoms with Gasteiger partial charge in [0.05, 0.1) is 7.11 Å². The van der Waals surface area contributed by atoms with Crippen LogP contribution >= 0.6 is 0 Å². The molecule has 0 aliphatic rings.